The number of benzene rings is 1. The summed E-state index contributed by atoms with van der Waals surface area (Å²) in [6.45, 7) is 4.74. The Hall–Kier alpha value is -3.82. The number of aromatic nitrogens is 5. The van der Waals surface area contributed by atoms with E-state index in [1.807, 2.05) is 19.9 Å². The van der Waals surface area contributed by atoms with E-state index in [1.54, 1.807) is 11.2 Å². The molecule has 158 valence electrons. The molecule has 0 aliphatic carbocycles. The number of imidazole rings is 2. The molecule has 0 saturated carbocycles. The Morgan fingerprint density at radius 3 is 2.87 bits per heavy atom. The lowest BCUT2D eigenvalue weighted by molar-refractivity contribution is 0.229. The average Bonchev–Trinajstić information content (AvgIpc) is 3.47. The molecule has 0 fully saturated rings. The highest BCUT2D eigenvalue weighted by atomic mass is 19.2. The number of fused-ring (bicyclic) bond motifs is 1. The number of hydrogen-bond donors (Lipinski definition) is 2. The van der Waals surface area contributed by atoms with Crippen molar-refractivity contribution in [2.75, 3.05) is 0 Å². The third-order valence-corrected chi connectivity index (χ3v) is 5.11. The molecule has 0 unspecified atom stereocenters. The van der Waals surface area contributed by atoms with E-state index in [4.69, 9.17) is 4.52 Å². The van der Waals surface area contributed by atoms with E-state index in [9.17, 15) is 8.78 Å². The second kappa shape index (κ2) is 7.46. The van der Waals surface area contributed by atoms with E-state index in [1.165, 1.54) is 12.1 Å². The number of rotatable bonds is 5. The number of H-pyrrole nitrogens is 2. The van der Waals surface area contributed by atoms with Crippen molar-refractivity contribution in [2.45, 2.75) is 33.4 Å². The zero-order valence-electron chi connectivity index (χ0n) is 16.9. The Morgan fingerprint density at radius 1 is 1.19 bits per heavy atom. The van der Waals surface area contributed by atoms with Gasteiger partial charge in [0.15, 0.2) is 17.4 Å². The summed E-state index contributed by atoms with van der Waals surface area (Å²) in [5.74, 6) is -0.0618. The lowest BCUT2D eigenvalue weighted by Gasteiger charge is -2.19. The van der Waals surface area contributed by atoms with Gasteiger partial charge < -0.3 is 14.5 Å². The SMILES string of the molecule is CCc1nc(-c2cc(CN3Cc4nc(-c5cccc(F)c5F)[nH]c4C=N3)on2)c(C)[nH]1. The minimum atomic E-state index is -0.934. The normalized spacial score (nSPS) is 13.1. The van der Waals surface area contributed by atoms with Gasteiger partial charge in [-0.15, -0.1) is 0 Å². The Balaban J connectivity index is 1.33. The summed E-state index contributed by atoms with van der Waals surface area (Å²) in [5.41, 5.74) is 3.79. The van der Waals surface area contributed by atoms with Crippen molar-refractivity contribution in [1.29, 1.82) is 0 Å². The van der Waals surface area contributed by atoms with Crippen LogP contribution in [0.25, 0.3) is 22.8 Å². The third kappa shape index (κ3) is 3.49. The second-order valence-corrected chi connectivity index (χ2v) is 7.30. The van der Waals surface area contributed by atoms with E-state index in [0.717, 1.165) is 29.7 Å². The first-order chi connectivity index (χ1) is 15.0. The van der Waals surface area contributed by atoms with Gasteiger partial charge in [-0.3, -0.25) is 5.01 Å². The van der Waals surface area contributed by atoms with Gasteiger partial charge in [-0.1, -0.05) is 18.1 Å². The zero-order valence-corrected chi connectivity index (χ0v) is 16.9. The zero-order chi connectivity index (χ0) is 21.5. The second-order valence-electron chi connectivity index (χ2n) is 7.30. The fourth-order valence-electron chi connectivity index (χ4n) is 3.53. The first kappa shape index (κ1) is 19.2. The first-order valence-electron chi connectivity index (χ1n) is 9.85. The van der Waals surface area contributed by atoms with Crippen molar-refractivity contribution in [3.05, 3.63) is 64.6 Å². The van der Waals surface area contributed by atoms with E-state index in [-0.39, 0.29) is 11.4 Å². The number of halogens is 2. The molecule has 1 aliphatic heterocycles. The smallest absolute Gasteiger partial charge is 0.169 e. The molecule has 8 nitrogen and oxygen atoms in total. The quantitative estimate of drug-likeness (QED) is 0.506. The fraction of sp³-hybridized carbons (Fsp3) is 0.238. The van der Waals surface area contributed by atoms with Crippen molar-refractivity contribution in [3.63, 3.8) is 0 Å². The van der Waals surface area contributed by atoms with Crippen molar-refractivity contribution < 1.29 is 13.3 Å². The van der Waals surface area contributed by atoms with Crippen LogP contribution in [0, 0.1) is 18.6 Å². The Morgan fingerprint density at radius 2 is 2.06 bits per heavy atom. The number of aromatic amines is 2. The lowest BCUT2D eigenvalue weighted by Crippen LogP contribution is -2.21. The van der Waals surface area contributed by atoms with Crippen molar-refractivity contribution in [1.82, 2.24) is 30.1 Å². The molecule has 0 amide bonds. The minimum Gasteiger partial charge on any atom is -0.359 e. The summed E-state index contributed by atoms with van der Waals surface area (Å²) >= 11 is 0. The van der Waals surface area contributed by atoms with Crippen molar-refractivity contribution in [2.24, 2.45) is 5.10 Å². The van der Waals surface area contributed by atoms with Gasteiger partial charge in [0.05, 0.1) is 36.3 Å². The standard InChI is InChI=1S/C21H19F2N7O/c1-3-18-25-11(2)20(28-18)15-7-12(31-29-15)9-30-10-17-16(8-24-30)26-21(27-17)13-5-4-6-14(22)19(13)23/h4-8H,3,9-10H2,1-2H3,(H,25,28)(H,26,27). The van der Waals surface area contributed by atoms with Crippen LogP contribution in [-0.4, -0.2) is 36.3 Å². The van der Waals surface area contributed by atoms with E-state index in [0.29, 0.717) is 35.9 Å². The number of hydrazone groups is 1. The molecule has 0 spiro atoms. The maximum absolute atomic E-state index is 14.1. The molecule has 3 aromatic heterocycles. The maximum Gasteiger partial charge on any atom is 0.169 e. The largest absolute Gasteiger partial charge is 0.359 e. The Bertz CT molecular complexity index is 1290. The summed E-state index contributed by atoms with van der Waals surface area (Å²) in [4.78, 5) is 15.2. The van der Waals surface area contributed by atoms with E-state index >= 15 is 0 Å². The highest BCUT2D eigenvalue weighted by Gasteiger charge is 2.21. The van der Waals surface area contributed by atoms with Gasteiger partial charge in [-0.25, -0.2) is 18.7 Å². The monoisotopic (exact) mass is 423 g/mol. The van der Waals surface area contributed by atoms with Crippen molar-refractivity contribution in [3.8, 4) is 22.8 Å². The molecule has 5 rings (SSSR count). The molecular weight excluding hydrogens is 404 g/mol. The summed E-state index contributed by atoms with van der Waals surface area (Å²) in [5, 5.41) is 10.3. The van der Waals surface area contributed by atoms with Crippen LogP contribution in [0.3, 0.4) is 0 Å². The van der Waals surface area contributed by atoms with Gasteiger partial charge in [0, 0.05) is 18.2 Å². The molecule has 10 heteroatoms. The summed E-state index contributed by atoms with van der Waals surface area (Å²) in [6, 6.07) is 5.84. The molecule has 0 radical (unpaired) electrons. The molecule has 31 heavy (non-hydrogen) atoms. The predicted molar refractivity (Wildman–Crippen MR) is 109 cm³/mol. The summed E-state index contributed by atoms with van der Waals surface area (Å²) in [7, 11) is 0. The number of hydrogen-bond acceptors (Lipinski definition) is 6. The van der Waals surface area contributed by atoms with Crippen LogP contribution in [0.5, 0.6) is 0 Å². The van der Waals surface area contributed by atoms with Gasteiger partial charge in [-0.05, 0) is 19.1 Å². The molecule has 1 aromatic carbocycles. The van der Waals surface area contributed by atoms with Crippen LogP contribution in [0.2, 0.25) is 0 Å². The fourth-order valence-corrected chi connectivity index (χ4v) is 3.53. The molecule has 1 aliphatic rings. The molecule has 0 bridgehead atoms. The minimum absolute atomic E-state index is 0.0787. The molecule has 4 heterocycles. The topological polar surface area (TPSA) is 99.0 Å². The van der Waals surface area contributed by atoms with Crippen molar-refractivity contribution >= 4 is 6.21 Å². The van der Waals surface area contributed by atoms with E-state index in [2.05, 4.69) is 30.2 Å². The Kier molecular flexibility index (Phi) is 4.61. The molecule has 4 aromatic rings. The summed E-state index contributed by atoms with van der Waals surface area (Å²) in [6.07, 6.45) is 2.41. The lowest BCUT2D eigenvalue weighted by atomic mass is 10.2. The summed E-state index contributed by atoms with van der Waals surface area (Å²) < 4.78 is 33.1. The maximum atomic E-state index is 14.1. The van der Waals surface area contributed by atoms with E-state index < -0.39 is 11.6 Å². The van der Waals surface area contributed by atoms with Gasteiger partial charge >= 0.3 is 0 Å². The number of aryl methyl sites for hydroxylation is 2. The predicted octanol–water partition coefficient (Wildman–Crippen LogP) is 3.95. The highest BCUT2D eigenvalue weighted by molar-refractivity contribution is 5.80. The Labute approximate surface area is 176 Å². The van der Waals surface area contributed by atoms with Gasteiger partial charge in [0.25, 0.3) is 0 Å². The first-order valence-corrected chi connectivity index (χ1v) is 9.85. The molecule has 2 N–H and O–H groups in total. The van der Waals surface area contributed by atoms with Crippen LogP contribution >= 0.6 is 0 Å². The van der Waals surface area contributed by atoms with Gasteiger partial charge in [-0.2, -0.15) is 5.10 Å². The molecule has 0 saturated heterocycles. The van der Waals surface area contributed by atoms with Crippen LogP contribution in [0.1, 0.15) is 35.6 Å². The number of nitrogens with zero attached hydrogens (tertiary/aromatic N) is 5. The van der Waals surface area contributed by atoms with Gasteiger partial charge in [0.2, 0.25) is 0 Å². The van der Waals surface area contributed by atoms with Gasteiger partial charge in [0.1, 0.15) is 23.0 Å². The van der Waals surface area contributed by atoms with Crippen LogP contribution in [0.15, 0.2) is 33.9 Å². The van der Waals surface area contributed by atoms with Crippen LogP contribution < -0.4 is 0 Å². The molecular formula is C21H19F2N7O. The molecule has 0 atom stereocenters. The van der Waals surface area contributed by atoms with Crippen LogP contribution in [0.4, 0.5) is 8.78 Å². The van der Waals surface area contributed by atoms with Crippen LogP contribution in [-0.2, 0) is 19.5 Å². The highest BCUT2D eigenvalue weighted by Crippen LogP contribution is 2.26. The number of nitrogens with one attached hydrogen (secondary N) is 2. The third-order valence-electron chi connectivity index (χ3n) is 5.11. The average molecular weight is 423 g/mol.